The lowest BCUT2D eigenvalue weighted by molar-refractivity contribution is -0.124. The smallest absolute Gasteiger partial charge is 0.339 e. The Hall–Kier alpha value is -3.94. The van der Waals surface area contributed by atoms with Gasteiger partial charge >= 0.3 is 5.97 Å². The highest BCUT2D eigenvalue weighted by atomic mass is 16.5. The first-order chi connectivity index (χ1) is 13.5. The minimum absolute atomic E-state index is 0.0731. The highest BCUT2D eigenvalue weighted by Crippen LogP contribution is 2.28. The Morgan fingerprint density at radius 2 is 1.79 bits per heavy atom. The first-order valence-electron chi connectivity index (χ1n) is 8.51. The number of carbonyl (C=O) groups excluding carboxylic acids is 3. The van der Waals surface area contributed by atoms with Crippen LogP contribution in [0.1, 0.15) is 10.4 Å². The van der Waals surface area contributed by atoms with Crippen LogP contribution in [0.3, 0.4) is 0 Å². The van der Waals surface area contributed by atoms with Crippen molar-refractivity contribution in [2.45, 2.75) is 0 Å². The quantitative estimate of drug-likeness (QED) is 0.675. The second kappa shape index (κ2) is 6.99. The number of H-pyrrole nitrogens is 1. The summed E-state index contributed by atoms with van der Waals surface area (Å²) in [4.78, 5) is 52.6. The number of nitrogens with zero attached hydrogens (tertiary/aromatic N) is 1. The monoisotopic (exact) mass is 377 g/mol. The van der Waals surface area contributed by atoms with Crippen LogP contribution in [-0.4, -0.2) is 35.9 Å². The van der Waals surface area contributed by atoms with Gasteiger partial charge in [0.1, 0.15) is 6.54 Å². The van der Waals surface area contributed by atoms with Crippen molar-refractivity contribution in [3.63, 3.8) is 0 Å². The number of aromatic amines is 1. The summed E-state index contributed by atoms with van der Waals surface area (Å²) >= 11 is 0. The van der Waals surface area contributed by atoms with Crippen molar-refractivity contribution in [1.29, 1.82) is 0 Å². The van der Waals surface area contributed by atoms with Crippen LogP contribution < -0.4 is 15.8 Å². The predicted octanol–water partition coefficient (Wildman–Crippen LogP) is 1.67. The standard InChI is InChI=1S/C20H15N3O5/c24-17-9-13(12-5-1-2-6-14(12)21-17)20(27)28-11-19(26)23-10-18(25)22-15-7-3-4-8-16(15)23/h1-9H,10-11H2,(H,21,24)(H,22,25). The molecule has 2 amide bonds. The first kappa shape index (κ1) is 17.5. The average molecular weight is 377 g/mol. The summed E-state index contributed by atoms with van der Waals surface area (Å²) in [6.07, 6.45) is 0. The van der Waals surface area contributed by atoms with Crippen molar-refractivity contribution in [3.8, 4) is 0 Å². The van der Waals surface area contributed by atoms with E-state index in [0.717, 1.165) is 6.07 Å². The van der Waals surface area contributed by atoms with E-state index in [1.54, 1.807) is 48.5 Å². The van der Waals surface area contributed by atoms with Gasteiger partial charge in [0.2, 0.25) is 11.5 Å². The third-order valence-corrected chi connectivity index (χ3v) is 4.37. The van der Waals surface area contributed by atoms with Crippen LogP contribution in [-0.2, 0) is 14.3 Å². The Balaban J connectivity index is 1.54. The van der Waals surface area contributed by atoms with Gasteiger partial charge in [0, 0.05) is 17.0 Å². The highest BCUT2D eigenvalue weighted by molar-refractivity contribution is 6.11. The Morgan fingerprint density at radius 1 is 1.04 bits per heavy atom. The minimum atomic E-state index is -0.787. The van der Waals surface area contributed by atoms with Gasteiger partial charge in [-0.2, -0.15) is 0 Å². The molecule has 2 heterocycles. The van der Waals surface area contributed by atoms with Gasteiger partial charge in [-0.05, 0) is 18.2 Å². The number of ether oxygens (including phenoxy) is 1. The Morgan fingerprint density at radius 3 is 2.64 bits per heavy atom. The summed E-state index contributed by atoms with van der Waals surface area (Å²) in [6.45, 7) is -0.719. The molecule has 8 nitrogen and oxygen atoms in total. The predicted molar refractivity (Wildman–Crippen MR) is 102 cm³/mol. The third kappa shape index (κ3) is 3.23. The Labute approximate surface area is 158 Å². The first-order valence-corrected chi connectivity index (χ1v) is 8.51. The number of aromatic nitrogens is 1. The van der Waals surface area contributed by atoms with Gasteiger partial charge in [-0.3, -0.25) is 19.3 Å². The molecule has 0 fully saturated rings. The summed E-state index contributed by atoms with van der Waals surface area (Å²) in [6, 6.07) is 14.8. The Kier molecular flexibility index (Phi) is 4.36. The topological polar surface area (TPSA) is 109 Å². The minimum Gasteiger partial charge on any atom is -0.452 e. The zero-order chi connectivity index (χ0) is 19.7. The molecule has 3 aromatic rings. The van der Waals surface area contributed by atoms with Crippen LogP contribution in [0.5, 0.6) is 0 Å². The summed E-state index contributed by atoms with van der Waals surface area (Å²) in [5, 5.41) is 3.20. The molecule has 0 radical (unpaired) electrons. The van der Waals surface area contributed by atoms with Crippen molar-refractivity contribution in [2.75, 3.05) is 23.4 Å². The number of hydrogen-bond acceptors (Lipinski definition) is 5. The van der Waals surface area contributed by atoms with E-state index < -0.39 is 24.0 Å². The molecular formula is C20H15N3O5. The average Bonchev–Trinajstić information content (AvgIpc) is 2.70. The molecule has 0 saturated heterocycles. The SMILES string of the molecule is O=C1CN(C(=O)COC(=O)c2cc(=O)[nH]c3ccccc23)c2ccccc2N1. The van der Waals surface area contributed by atoms with E-state index in [9.17, 15) is 19.2 Å². The van der Waals surface area contributed by atoms with Gasteiger partial charge in [-0.25, -0.2) is 4.79 Å². The maximum atomic E-state index is 12.6. The molecule has 1 aromatic heterocycles. The second-order valence-electron chi connectivity index (χ2n) is 6.21. The molecule has 2 N–H and O–H groups in total. The van der Waals surface area contributed by atoms with Crippen LogP contribution in [0.15, 0.2) is 59.4 Å². The molecule has 1 aliphatic heterocycles. The van der Waals surface area contributed by atoms with E-state index in [2.05, 4.69) is 10.3 Å². The fourth-order valence-corrected chi connectivity index (χ4v) is 3.11. The van der Waals surface area contributed by atoms with Gasteiger partial charge < -0.3 is 15.0 Å². The Bertz CT molecular complexity index is 1170. The van der Waals surface area contributed by atoms with Crippen molar-refractivity contribution in [1.82, 2.24) is 4.98 Å². The molecule has 0 spiro atoms. The number of esters is 1. The van der Waals surface area contributed by atoms with Crippen molar-refractivity contribution in [3.05, 3.63) is 70.5 Å². The number of anilines is 2. The fourth-order valence-electron chi connectivity index (χ4n) is 3.11. The zero-order valence-electron chi connectivity index (χ0n) is 14.6. The zero-order valence-corrected chi connectivity index (χ0v) is 14.6. The molecule has 8 heteroatoms. The van der Waals surface area contributed by atoms with Crippen LogP contribution >= 0.6 is 0 Å². The van der Waals surface area contributed by atoms with E-state index >= 15 is 0 Å². The lowest BCUT2D eigenvalue weighted by atomic mass is 10.1. The third-order valence-electron chi connectivity index (χ3n) is 4.37. The van der Waals surface area contributed by atoms with Gasteiger partial charge in [-0.1, -0.05) is 30.3 Å². The number of para-hydroxylation sites is 3. The summed E-state index contributed by atoms with van der Waals surface area (Å²) in [7, 11) is 0. The molecule has 0 saturated carbocycles. The number of nitrogens with one attached hydrogen (secondary N) is 2. The molecule has 2 aromatic carbocycles. The van der Waals surface area contributed by atoms with Gasteiger partial charge in [0.05, 0.1) is 16.9 Å². The van der Waals surface area contributed by atoms with Crippen LogP contribution in [0.4, 0.5) is 11.4 Å². The molecule has 0 atom stereocenters. The van der Waals surface area contributed by atoms with E-state index in [-0.39, 0.29) is 18.0 Å². The summed E-state index contributed by atoms with van der Waals surface area (Å²) in [5.74, 6) is -1.66. The normalized spacial score (nSPS) is 13.0. The molecule has 4 rings (SSSR count). The largest absolute Gasteiger partial charge is 0.452 e. The van der Waals surface area contributed by atoms with Crippen molar-refractivity contribution < 1.29 is 19.1 Å². The van der Waals surface area contributed by atoms with E-state index in [1.807, 2.05) is 0 Å². The molecule has 28 heavy (non-hydrogen) atoms. The van der Waals surface area contributed by atoms with Gasteiger partial charge in [0.25, 0.3) is 5.91 Å². The van der Waals surface area contributed by atoms with Crippen molar-refractivity contribution >= 4 is 40.1 Å². The summed E-state index contributed by atoms with van der Waals surface area (Å²) in [5.41, 5.74) is 1.17. The maximum Gasteiger partial charge on any atom is 0.339 e. The lowest BCUT2D eigenvalue weighted by Gasteiger charge is -2.28. The van der Waals surface area contributed by atoms with Gasteiger partial charge in [0.15, 0.2) is 6.61 Å². The van der Waals surface area contributed by atoms with Crippen LogP contribution in [0, 0.1) is 0 Å². The number of amides is 2. The van der Waals surface area contributed by atoms with E-state index in [0.29, 0.717) is 22.3 Å². The van der Waals surface area contributed by atoms with E-state index in [1.165, 1.54) is 4.90 Å². The van der Waals surface area contributed by atoms with Gasteiger partial charge in [-0.15, -0.1) is 0 Å². The molecule has 0 aliphatic carbocycles. The second-order valence-corrected chi connectivity index (χ2v) is 6.21. The molecule has 140 valence electrons. The van der Waals surface area contributed by atoms with Crippen molar-refractivity contribution in [2.24, 2.45) is 0 Å². The molecule has 0 unspecified atom stereocenters. The highest BCUT2D eigenvalue weighted by Gasteiger charge is 2.27. The van der Waals surface area contributed by atoms with E-state index in [4.69, 9.17) is 4.74 Å². The number of carbonyl (C=O) groups is 3. The number of hydrogen-bond donors (Lipinski definition) is 2. The maximum absolute atomic E-state index is 12.6. The number of benzene rings is 2. The lowest BCUT2D eigenvalue weighted by Crippen LogP contribution is -2.44. The number of fused-ring (bicyclic) bond motifs is 2. The van der Waals surface area contributed by atoms with Crippen LogP contribution in [0.2, 0.25) is 0 Å². The molecule has 1 aliphatic rings. The van der Waals surface area contributed by atoms with Crippen LogP contribution in [0.25, 0.3) is 10.9 Å². The molecular weight excluding hydrogens is 362 g/mol. The summed E-state index contributed by atoms with van der Waals surface area (Å²) < 4.78 is 5.14. The fraction of sp³-hybridized carbons (Fsp3) is 0.100. The molecule has 0 bridgehead atoms. The number of rotatable bonds is 3. The number of pyridine rings is 1.